The van der Waals surface area contributed by atoms with Crippen LogP contribution in [0.25, 0.3) is 0 Å². The summed E-state index contributed by atoms with van der Waals surface area (Å²) in [6.07, 6.45) is -3.54. The van der Waals surface area contributed by atoms with Crippen LogP contribution in [0.2, 0.25) is 0 Å². The van der Waals surface area contributed by atoms with Crippen LogP contribution in [0.1, 0.15) is 45.4 Å². The molecule has 0 aliphatic carbocycles. The lowest BCUT2D eigenvalue weighted by Gasteiger charge is -2.46. The van der Waals surface area contributed by atoms with E-state index in [0.717, 1.165) is 13.3 Å². The minimum atomic E-state index is -2.17. The summed E-state index contributed by atoms with van der Waals surface area (Å²) in [7, 11) is 0. The topological polar surface area (TPSA) is 215 Å². The average molecular weight is 450 g/mol. The highest BCUT2D eigenvalue weighted by Crippen LogP contribution is 2.32. The third kappa shape index (κ3) is 7.75. The molecule has 2 amide bonds. The molecule has 0 radical (unpaired) electrons. The molecule has 9 N–H and O–H groups in total. The van der Waals surface area contributed by atoms with Gasteiger partial charge in [-0.05, 0) is 19.3 Å². The van der Waals surface area contributed by atoms with Crippen molar-refractivity contribution in [3.8, 4) is 0 Å². The van der Waals surface area contributed by atoms with Gasteiger partial charge in [-0.2, -0.15) is 0 Å². The normalized spacial score (nSPS) is 29.4. The molecule has 12 nitrogen and oxygen atoms in total. The van der Waals surface area contributed by atoms with E-state index in [1.54, 1.807) is 0 Å². The summed E-state index contributed by atoms with van der Waals surface area (Å²) in [6, 6.07) is -0.790. The van der Waals surface area contributed by atoms with E-state index in [0.29, 0.717) is 25.8 Å². The first-order valence-electron chi connectivity index (χ1n) is 10.4. The molecule has 0 aromatic rings. The Hall–Kier alpha value is -1.67. The molecule has 0 unspecified atom stereocenters. The Labute approximate surface area is 180 Å². The van der Waals surface area contributed by atoms with Crippen LogP contribution in [0.15, 0.2) is 0 Å². The molecule has 12 heteroatoms. The first kappa shape index (κ1) is 27.4. The number of nitrogens with one attached hydrogen (secondary N) is 1. The van der Waals surface area contributed by atoms with Crippen LogP contribution in [0.4, 0.5) is 0 Å². The van der Waals surface area contributed by atoms with E-state index in [1.807, 2.05) is 0 Å². The molecule has 180 valence electrons. The van der Waals surface area contributed by atoms with Crippen LogP contribution in [-0.2, 0) is 23.9 Å². The fraction of sp³-hybridized carbons (Fsp3) is 0.842. The van der Waals surface area contributed by atoms with Gasteiger partial charge >= 0.3 is 0 Å². The van der Waals surface area contributed by atoms with Crippen molar-refractivity contribution >= 4 is 17.6 Å². The van der Waals surface area contributed by atoms with E-state index in [2.05, 4.69) is 5.32 Å². The van der Waals surface area contributed by atoms with Crippen molar-refractivity contribution in [2.45, 2.75) is 81.7 Å². The number of rotatable bonds is 14. The summed E-state index contributed by atoms with van der Waals surface area (Å²) in [5, 5.41) is 42.0. The van der Waals surface area contributed by atoms with E-state index >= 15 is 0 Å². The van der Waals surface area contributed by atoms with Gasteiger partial charge in [0.2, 0.25) is 11.8 Å². The van der Waals surface area contributed by atoms with Crippen LogP contribution >= 0.6 is 0 Å². The largest absolute Gasteiger partial charge is 0.394 e. The minimum Gasteiger partial charge on any atom is -0.394 e. The summed E-state index contributed by atoms with van der Waals surface area (Å²) >= 11 is 0. The standard InChI is InChI=1S/C19H35N3O9/c1-11(24)19(17(28)16(27)15(26)13(10-23)31-19)30-9-5-3-2-4-8-22-18(29)12(20)6-7-14(21)25/h12-13,15-17,23,26-28H,2-10,20H2,1H3,(H2,21,25)(H,22,29)/t12-,13-,15-,16+,17+,19-/m0/s1. The number of aliphatic hydroxyl groups is 4. The van der Waals surface area contributed by atoms with Crippen molar-refractivity contribution in [1.29, 1.82) is 0 Å². The molecule has 1 fully saturated rings. The summed E-state index contributed by atoms with van der Waals surface area (Å²) in [5.74, 6) is -3.72. The van der Waals surface area contributed by atoms with E-state index in [-0.39, 0.29) is 25.4 Å². The third-order valence-electron chi connectivity index (χ3n) is 5.17. The molecule has 0 aromatic heterocycles. The van der Waals surface area contributed by atoms with E-state index in [9.17, 15) is 34.8 Å². The fourth-order valence-electron chi connectivity index (χ4n) is 3.23. The van der Waals surface area contributed by atoms with Crippen molar-refractivity contribution in [2.75, 3.05) is 19.8 Å². The van der Waals surface area contributed by atoms with Crippen LogP contribution in [0, 0.1) is 0 Å². The summed E-state index contributed by atoms with van der Waals surface area (Å²) in [4.78, 5) is 34.6. The van der Waals surface area contributed by atoms with Gasteiger partial charge in [0.05, 0.1) is 19.3 Å². The highest BCUT2D eigenvalue weighted by atomic mass is 16.7. The summed E-state index contributed by atoms with van der Waals surface area (Å²) in [6.45, 7) is 0.896. The first-order valence-corrected chi connectivity index (χ1v) is 10.4. The lowest BCUT2D eigenvalue weighted by Crippen LogP contribution is -2.68. The number of nitrogens with two attached hydrogens (primary N) is 2. The zero-order valence-electron chi connectivity index (χ0n) is 17.7. The zero-order chi connectivity index (χ0) is 23.6. The molecular formula is C19H35N3O9. The quantitative estimate of drug-likeness (QED) is 0.134. The second-order valence-corrected chi connectivity index (χ2v) is 7.65. The zero-order valence-corrected chi connectivity index (χ0v) is 17.7. The number of unbranched alkanes of at least 4 members (excludes halogenated alkanes) is 3. The first-order chi connectivity index (χ1) is 14.6. The van der Waals surface area contributed by atoms with E-state index in [4.69, 9.17) is 20.9 Å². The monoisotopic (exact) mass is 449 g/mol. The lowest BCUT2D eigenvalue weighted by atomic mass is 9.90. The van der Waals surface area contributed by atoms with Gasteiger partial charge in [-0.1, -0.05) is 12.8 Å². The van der Waals surface area contributed by atoms with E-state index in [1.165, 1.54) is 0 Å². The SMILES string of the molecule is CC(=O)[C@]1(OCCCCCCNC(=O)[C@@H](N)CCC(N)=O)O[C@@H](CO)[C@H](O)[C@@H](O)[C@H]1O. The number of primary amides is 1. The number of ketones is 1. The lowest BCUT2D eigenvalue weighted by molar-refractivity contribution is -0.344. The fourth-order valence-corrected chi connectivity index (χ4v) is 3.23. The molecule has 0 bridgehead atoms. The van der Waals surface area contributed by atoms with Crippen LogP contribution < -0.4 is 16.8 Å². The predicted molar refractivity (Wildman–Crippen MR) is 107 cm³/mol. The molecule has 0 saturated carbocycles. The Morgan fingerprint density at radius 3 is 2.35 bits per heavy atom. The highest BCUT2D eigenvalue weighted by Gasteiger charge is 2.57. The number of carbonyl (C=O) groups excluding carboxylic acids is 3. The smallest absolute Gasteiger partial charge is 0.258 e. The van der Waals surface area contributed by atoms with Gasteiger partial charge in [0.15, 0.2) is 5.78 Å². The second kappa shape index (κ2) is 13.0. The molecule has 1 heterocycles. The molecule has 31 heavy (non-hydrogen) atoms. The maximum Gasteiger partial charge on any atom is 0.258 e. The molecule has 0 spiro atoms. The van der Waals surface area contributed by atoms with Gasteiger partial charge < -0.3 is 46.7 Å². The molecule has 1 aliphatic rings. The third-order valence-corrected chi connectivity index (χ3v) is 5.17. The van der Waals surface area contributed by atoms with Crippen LogP contribution in [-0.4, -0.2) is 94.0 Å². The van der Waals surface area contributed by atoms with Gasteiger partial charge in [0.1, 0.15) is 24.4 Å². The van der Waals surface area contributed by atoms with Gasteiger partial charge in [-0.3, -0.25) is 14.4 Å². The van der Waals surface area contributed by atoms with Gasteiger partial charge in [0.25, 0.3) is 5.79 Å². The number of hydrogen-bond acceptors (Lipinski definition) is 10. The Balaban J connectivity index is 2.33. The molecular weight excluding hydrogens is 414 g/mol. The van der Waals surface area contributed by atoms with Crippen LogP contribution in [0.5, 0.6) is 0 Å². The van der Waals surface area contributed by atoms with E-state index < -0.39 is 54.5 Å². The number of hydrogen-bond donors (Lipinski definition) is 7. The van der Waals surface area contributed by atoms with Crippen molar-refractivity contribution in [3.05, 3.63) is 0 Å². The number of amides is 2. The molecule has 1 saturated heterocycles. The van der Waals surface area contributed by atoms with Crippen molar-refractivity contribution < 1.29 is 44.3 Å². The summed E-state index contributed by atoms with van der Waals surface area (Å²) < 4.78 is 10.8. The van der Waals surface area contributed by atoms with Crippen LogP contribution in [0.3, 0.4) is 0 Å². The molecule has 6 atom stereocenters. The van der Waals surface area contributed by atoms with Gasteiger partial charge in [-0.25, -0.2) is 0 Å². The molecule has 1 rings (SSSR count). The Kier molecular flexibility index (Phi) is 11.5. The van der Waals surface area contributed by atoms with Crippen molar-refractivity contribution in [2.24, 2.45) is 11.5 Å². The van der Waals surface area contributed by atoms with Crippen molar-refractivity contribution in [1.82, 2.24) is 5.32 Å². The number of Topliss-reactive ketones (excluding diaryl/α,β-unsaturated/α-hetero) is 1. The highest BCUT2D eigenvalue weighted by molar-refractivity contribution is 5.84. The number of ether oxygens (including phenoxy) is 2. The van der Waals surface area contributed by atoms with Gasteiger partial charge in [-0.15, -0.1) is 0 Å². The summed E-state index contributed by atoms with van der Waals surface area (Å²) in [5.41, 5.74) is 10.7. The molecule has 0 aromatic carbocycles. The maximum absolute atomic E-state index is 12.1. The predicted octanol–water partition coefficient (Wildman–Crippen LogP) is -2.97. The Morgan fingerprint density at radius 1 is 1.13 bits per heavy atom. The van der Waals surface area contributed by atoms with Crippen molar-refractivity contribution in [3.63, 3.8) is 0 Å². The van der Waals surface area contributed by atoms with Gasteiger partial charge in [0, 0.05) is 19.9 Å². The number of carbonyl (C=O) groups is 3. The minimum absolute atomic E-state index is 0.0297. The Morgan fingerprint density at radius 2 is 1.77 bits per heavy atom. The second-order valence-electron chi connectivity index (χ2n) is 7.65. The maximum atomic E-state index is 12.1. The average Bonchev–Trinajstić information content (AvgIpc) is 2.73. The Bertz CT molecular complexity index is 604. The number of aliphatic hydroxyl groups excluding tert-OH is 4. The molecule has 1 aliphatic heterocycles.